The Morgan fingerprint density at radius 2 is 2.06 bits per heavy atom. The summed E-state index contributed by atoms with van der Waals surface area (Å²) in [7, 11) is -2.08. The van der Waals surface area contributed by atoms with Gasteiger partial charge in [-0.1, -0.05) is 13.3 Å². The maximum atomic E-state index is 11.9. The van der Waals surface area contributed by atoms with Crippen LogP contribution in [-0.2, 0) is 9.84 Å². The Morgan fingerprint density at radius 1 is 1.39 bits per heavy atom. The van der Waals surface area contributed by atoms with Gasteiger partial charge in [0.2, 0.25) is 0 Å². The Morgan fingerprint density at radius 3 is 2.56 bits per heavy atom. The minimum absolute atomic E-state index is 0.0224. The molecule has 5 nitrogen and oxygen atoms in total. The molecule has 0 saturated carbocycles. The van der Waals surface area contributed by atoms with Crippen molar-refractivity contribution in [2.75, 3.05) is 12.9 Å². The number of ether oxygens (including phenoxy) is 1. The Kier molecular flexibility index (Phi) is 4.72. The Bertz CT molecular complexity index is 533. The summed E-state index contributed by atoms with van der Waals surface area (Å²) in [5, 5.41) is 8.99. The fourth-order valence-electron chi connectivity index (χ4n) is 1.50. The van der Waals surface area contributed by atoms with E-state index in [-0.39, 0.29) is 22.0 Å². The van der Waals surface area contributed by atoms with E-state index in [4.69, 9.17) is 9.84 Å². The molecular weight excluding hydrogens is 256 g/mol. The number of hydrogen-bond acceptors (Lipinski definition) is 4. The quantitative estimate of drug-likeness (QED) is 0.856. The van der Waals surface area contributed by atoms with Crippen molar-refractivity contribution in [3.63, 3.8) is 0 Å². The zero-order valence-corrected chi connectivity index (χ0v) is 11.2. The molecule has 0 atom stereocenters. The summed E-state index contributed by atoms with van der Waals surface area (Å²) in [6.45, 7) is 1.90. The minimum atomic E-state index is -3.42. The van der Waals surface area contributed by atoms with Gasteiger partial charge in [0.25, 0.3) is 0 Å². The van der Waals surface area contributed by atoms with Crippen molar-refractivity contribution in [2.45, 2.75) is 24.7 Å². The van der Waals surface area contributed by atoms with Crippen molar-refractivity contribution in [2.24, 2.45) is 0 Å². The number of sulfone groups is 1. The first kappa shape index (κ1) is 14.5. The van der Waals surface area contributed by atoms with Crippen LogP contribution in [0.15, 0.2) is 23.1 Å². The van der Waals surface area contributed by atoms with Gasteiger partial charge in [-0.3, -0.25) is 0 Å². The largest absolute Gasteiger partial charge is 0.496 e. The van der Waals surface area contributed by atoms with Crippen molar-refractivity contribution < 1.29 is 23.1 Å². The fraction of sp³-hybridized carbons (Fsp3) is 0.417. The van der Waals surface area contributed by atoms with Gasteiger partial charge in [-0.25, -0.2) is 13.2 Å². The Balaban J connectivity index is 3.20. The molecule has 0 fully saturated rings. The van der Waals surface area contributed by atoms with Gasteiger partial charge < -0.3 is 9.84 Å². The maximum absolute atomic E-state index is 11.9. The van der Waals surface area contributed by atoms with Crippen molar-refractivity contribution in [3.8, 4) is 5.75 Å². The van der Waals surface area contributed by atoms with Gasteiger partial charge in [-0.2, -0.15) is 0 Å². The van der Waals surface area contributed by atoms with E-state index in [1.165, 1.54) is 19.2 Å². The molecule has 0 aromatic heterocycles. The number of methoxy groups -OCH3 is 1. The molecule has 0 aliphatic carbocycles. The summed E-state index contributed by atoms with van der Waals surface area (Å²) in [4.78, 5) is 11.0. The third kappa shape index (κ3) is 3.22. The molecule has 1 aromatic carbocycles. The van der Waals surface area contributed by atoms with Crippen LogP contribution in [-0.4, -0.2) is 32.4 Å². The van der Waals surface area contributed by atoms with Gasteiger partial charge in [0.1, 0.15) is 11.3 Å². The molecule has 1 N–H and O–H groups in total. The molecule has 0 spiro atoms. The zero-order valence-electron chi connectivity index (χ0n) is 10.3. The number of benzene rings is 1. The highest BCUT2D eigenvalue weighted by molar-refractivity contribution is 7.91. The number of unbranched alkanes of at least 4 members (excludes halogenated alkanes) is 1. The van der Waals surface area contributed by atoms with Crippen LogP contribution >= 0.6 is 0 Å². The summed E-state index contributed by atoms with van der Waals surface area (Å²) in [5.41, 5.74) is -0.143. The highest BCUT2D eigenvalue weighted by Gasteiger charge is 2.18. The topological polar surface area (TPSA) is 80.7 Å². The molecule has 100 valence electrons. The second-order valence-corrected chi connectivity index (χ2v) is 5.95. The van der Waals surface area contributed by atoms with Crippen LogP contribution in [0, 0.1) is 0 Å². The molecule has 0 unspecified atom stereocenters. The molecule has 0 bridgehead atoms. The first-order valence-corrected chi connectivity index (χ1v) is 7.21. The molecule has 0 heterocycles. The van der Waals surface area contributed by atoms with E-state index < -0.39 is 15.8 Å². The van der Waals surface area contributed by atoms with Gasteiger partial charge in [0, 0.05) is 0 Å². The predicted molar refractivity (Wildman–Crippen MR) is 66.9 cm³/mol. The Hall–Kier alpha value is -1.56. The van der Waals surface area contributed by atoms with Gasteiger partial charge in [0.15, 0.2) is 9.84 Å². The number of aromatic carboxylic acids is 1. The second kappa shape index (κ2) is 5.86. The number of carbonyl (C=O) groups is 1. The van der Waals surface area contributed by atoms with E-state index in [1.807, 2.05) is 6.92 Å². The SMILES string of the molecule is CCCCS(=O)(=O)c1ccc(OC)c(C(=O)O)c1. The third-order valence-electron chi connectivity index (χ3n) is 2.53. The molecule has 1 aromatic rings. The van der Waals surface area contributed by atoms with E-state index >= 15 is 0 Å². The van der Waals surface area contributed by atoms with Crippen molar-refractivity contribution in [3.05, 3.63) is 23.8 Å². The first-order valence-electron chi connectivity index (χ1n) is 5.56. The van der Waals surface area contributed by atoms with Crippen LogP contribution in [0.25, 0.3) is 0 Å². The number of carboxylic acids is 1. The van der Waals surface area contributed by atoms with E-state index in [0.29, 0.717) is 6.42 Å². The summed E-state index contributed by atoms with van der Waals surface area (Å²) < 4.78 is 28.7. The lowest BCUT2D eigenvalue weighted by atomic mass is 10.2. The number of carboxylic acid groups (broad SMARTS) is 1. The van der Waals surface area contributed by atoms with Gasteiger partial charge in [0.05, 0.1) is 17.8 Å². The molecule has 18 heavy (non-hydrogen) atoms. The van der Waals surface area contributed by atoms with E-state index in [0.717, 1.165) is 12.5 Å². The number of hydrogen-bond donors (Lipinski definition) is 1. The normalized spacial score (nSPS) is 11.2. The molecular formula is C12H16O5S. The smallest absolute Gasteiger partial charge is 0.339 e. The van der Waals surface area contributed by atoms with E-state index in [2.05, 4.69) is 0 Å². The van der Waals surface area contributed by atoms with E-state index in [9.17, 15) is 13.2 Å². The van der Waals surface area contributed by atoms with Crippen molar-refractivity contribution >= 4 is 15.8 Å². The fourth-order valence-corrected chi connectivity index (χ4v) is 2.98. The third-order valence-corrected chi connectivity index (χ3v) is 4.33. The summed E-state index contributed by atoms with van der Waals surface area (Å²) >= 11 is 0. The lowest BCUT2D eigenvalue weighted by Crippen LogP contribution is -2.09. The van der Waals surface area contributed by atoms with E-state index in [1.54, 1.807) is 0 Å². The average Bonchev–Trinajstić information content (AvgIpc) is 2.35. The first-order chi connectivity index (χ1) is 8.42. The number of rotatable bonds is 6. The van der Waals surface area contributed by atoms with Crippen LogP contribution in [0.4, 0.5) is 0 Å². The van der Waals surface area contributed by atoms with Gasteiger partial charge >= 0.3 is 5.97 Å². The molecule has 6 heteroatoms. The van der Waals surface area contributed by atoms with Crippen LogP contribution in [0.2, 0.25) is 0 Å². The molecule has 1 rings (SSSR count). The zero-order chi connectivity index (χ0) is 13.8. The average molecular weight is 272 g/mol. The molecule has 0 amide bonds. The molecule has 0 aliphatic heterocycles. The van der Waals surface area contributed by atoms with Crippen molar-refractivity contribution in [1.82, 2.24) is 0 Å². The lowest BCUT2D eigenvalue weighted by Gasteiger charge is -2.08. The lowest BCUT2D eigenvalue weighted by molar-refractivity contribution is 0.0693. The van der Waals surface area contributed by atoms with Crippen molar-refractivity contribution in [1.29, 1.82) is 0 Å². The van der Waals surface area contributed by atoms with Crippen LogP contribution in [0.1, 0.15) is 30.1 Å². The van der Waals surface area contributed by atoms with Crippen LogP contribution in [0.5, 0.6) is 5.75 Å². The summed E-state index contributed by atoms with van der Waals surface area (Å²) in [6.07, 6.45) is 1.32. The summed E-state index contributed by atoms with van der Waals surface area (Å²) in [5.74, 6) is -1.04. The maximum Gasteiger partial charge on any atom is 0.339 e. The Labute approximate surface area is 106 Å². The monoisotopic (exact) mass is 272 g/mol. The second-order valence-electron chi connectivity index (χ2n) is 3.84. The van der Waals surface area contributed by atoms with Gasteiger partial charge in [-0.15, -0.1) is 0 Å². The molecule has 0 radical (unpaired) electrons. The van der Waals surface area contributed by atoms with Crippen LogP contribution < -0.4 is 4.74 Å². The summed E-state index contributed by atoms with van der Waals surface area (Å²) in [6, 6.07) is 3.88. The molecule has 0 saturated heterocycles. The van der Waals surface area contributed by atoms with Crippen LogP contribution in [0.3, 0.4) is 0 Å². The van der Waals surface area contributed by atoms with Gasteiger partial charge in [-0.05, 0) is 24.6 Å². The molecule has 0 aliphatic rings. The predicted octanol–water partition coefficient (Wildman–Crippen LogP) is 1.97. The minimum Gasteiger partial charge on any atom is -0.496 e. The highest BCUT2D eigenvalue weighted by Crippen LogP contribution is 2.23. The standard InChI is InChI=1S/C12H16O5S/c1-3-4-7-18(15,16)9-5-6-11(17-2)10(8-9)12(13)14/h5-6,8H,3-4,7H2,1-2H3,(H,13,14). The highest BCUT2D eigenvalue weighted by atomic mass is 32.2.